The Hall–Kier alpha value is -5.04. The number of phenols is 2. The average molecular weight is 779 g/mol. The molecule has 0 saturated carbocycles. The van der Waals surface area contributed by atoms with E-state index in [2.05, 4.69) is 10.5 Å². The van der Waals surface area contributed by atoms with E-state index in [0.717, 1.165) is 12.8 Å². The van der Waals surface area contributed by atoms with Crippen LogP contribution in [0.2, 0.25) is 0 Å². The zero-order valence-electron chi connectivity index (χ0n) is 31.0. The number of amides is 3. The maximum absolute atomic E-state index is 14.0. The fraction of sp³-hybridized carbons (Fsp3) is 0.487. The van der Waals surface area contributed by atoms with Gasteiger partial charge < -0.3 is 45.5 Å². The highest BCUT2D eigenvalue weighted by atomic mass is 16.7. The van der Waals surface area contributed by atoms with Crippen LogP contribution in [0.3, 0.4) is 0 Å². The molecular weight excluding hydrogens is 732 g/mol. The standard InChI is InChI=1S/C39H46N4O13/c1-19-34(48)22(40)15-29(55-19)56-24-17-39(53,25(18-44)41-42-26(45)11-6-4-3-5-7-14-43-27(46)12-13-28(43)47)16-21-31(24)38(52)33-32(36(21)50)35(49)20-9-8-10-23(54-2)30(20)37(33)51/h8-10,12-13,19,22,24,29,34,44,48,50,52-53H,3-7,11,14-18,40H2,1-2H3,(H,42,45)/b41-25+/t19-,22-,24-,29-,34+,39-/m0/s1. The van der Waals surface area contributed by atoms with Crippen LogP contribution in [0.1, 0.15) is 107 Å². The minimum absolute atomic E-state index is 0.0122. The molecule has 17 heteroatoms. The summed E-state index contributed by atoms with van der Waals surface area (Å²) in [6.45, 7) is 1.05. The van der Waals surface area contributed by atoms with Gasteiger partial charge in [-0.05, 0) is 25.8 Å². The summed E-state index contributed by atoms with van der Waals surface area (Å²) in [6.07, 6.45) is 0.615. The van der Waals surface area contributed by atoms with Gasteiger partial charge in [-0.15, -0.1) is 0 Å². The number of nitrogens with two attached hydrogens (primary N) is 1. The number of hydrazone groups is 1. The normalized spacial score (nSPS) is 25.9. The van der Waals surface area contributed by atoms with Crippen molar-refractivity contribution in [1.29, 1.82) is 0 Å². The summed E-state index contributed by atoms with van der Waals surface area (Å²) in [7, 11) is 1.32. The second-order valence-corrected chi connectivity index (χ2v) is 14.5. The SMILES string of the molecule is COc1cccc2c1C(=O)c1c(O)c3c(c(O)c1C2=O)C[C@@](O)(/C(CO)=N/NC(=O)CCCCCCCN1C(=O)C=CC1=O)C[C@@H]3O[C@H]1C[C@H](N)[C@H](O)[C@H](C)O1. The van der Waals surface area contributed by atoms with Gasteiger partial charge in [0.25, 0.3) is 11.8 Å². The molecule has 2 aliphatic heterocycles. The molecule has 1 fully saturated rings. The Morgan fingerprint density at radius 3 is 2.38 bits per heavy atom. The number of rotatable bonds is 14. The molecule has 2 aromatic carbocycles. The minimum atomic E-state index is -2.14. The molecule has 1 saturated heterocycles. The van der Waals surface area contributed by atoms with Crippen LogP contribution < -0.4 is 15.9 Å². The number of methoxy groups -OCH3 is 1. The summed E-state index contributed by atoms with van der Waals surface area (Å²) >= 11 is 0. The van der Waals surface area contributed by atoms with Crippen molar-refractivity contribution in [3.8, 4) is 17.2 Å². The van der Waals surface area contributed by atoms with Gasteiger partial charge >= 0.3 is 0 Å². The molecular formula is C39H46N4O13. The quantitative estimate of drug-likeness (QED) is 0.0398. The van der Waals surface area contributed by atoms with E-state index in [0.29, 0.717) is 25.8 Å². The molecule has 0 spiro atoms. The van der Waals surface area contributed by atoms with Crippen LogP contribution in [-0.4, -0.2) is 116 Å². The smallest absolute Gasteiger partial charge is 0.253 e. The van der Waals surface area contributed by atoms with E-state index in [9.17, 15) is 49.5 Å². The summed E-state index contributed by atoms with van der Waals surface area (Å²) in [5.74, 6) is -4.02. The fourth-order valence-corrected chi connectivity index (χ4v) is 7.82. The van der Waals surface area contributed by atoms with E-state index in [1.54, 1.807) is 6.92 Å². The van der Waals surface area contributed by atoms with Crippen molar-refractivity contribution in [3.05, 3.63) is 63.7 Å². The number of aliphatic hydroxyl groups is 3. The van der Waals surface area contributed by atoms with Gasteiger partial charge in [0.05, 0.1) is 54.4 Å². The van der Waals surface area contributed by atoms with Gasteiger partial charge in [-0.1, -0.05) is 31.4 Å². The number of nitrogens with zero attached hydrogens (tertiary/aromatic N) is 2. The Balaban J connectivity index is 1.23. The number of ketones is 2. The van der Waals surface area contributed by atoms with E-state index < -0.39 is 95.8 Å². The number of hydrogen-bond donors (Lipinski definition) is 7. The number of carbonyl (C=O) groups is 5. The second kappa shape index (κ2) is 16.6. The van der Waals surface area contributed by atoms with E-state index in [4.69, 9.17) is 19.9 Å². The van der Waals surface area contributed by atoms with Crippen LogP contribution in [0.4, 0.5) is 0 Å². The van der Waals surface area contributed by atoms with Crippen LogP contribution in [0, 0.1) is 0 Å². The molecule has 2 heterocycles. The highest BCUT2D eigenvalue weighted by Crippen LogP contribution is 2.52. The van der Waals surface area contributed by atoms with Gasteiger partial charge in [-0.3, -0.25) is 28.9 Å². The highest BCUT2D eigenvalue weighted by Gasteiger charge is 2.49. The first-order chi connectivity index (χ1) is 26.7. The molecule has 6 atom stereocenters. The predicted octanol–water partition coefficient (Wildman–Crippen LogP) is 1.17. The molecule has 3 amide bonds. The lowest BCUT2D eigenvalue weighted by molar-refractivity contribution is -0.245. The average Bonchev–Trinajstić information content (AvgIpc) is 3.49. The van der Waals surface area contributed by atoms with Crippen molar-refractivity contribution < 1.29 is 63.7 Å². The zero-order chi connectivity index (χ0) is 40.5. The van der Waals surface area contributed by atoms with Crippen molar-refractivity contribution in [2.24, 2.45) is 10.8 Å². The first kappa shape index (κ1) is 40.6. The van der Waals surface area contributed by atoms with Crippen LogP contribution in [0.5, 0.6) is 17.2 Å². The number of benzene rings is 2. The predicted molar refractivity (Wildman–Crippen MR) is 196 cm³/mol. The number of nitrogens with one attached hydrogen (secondary N) is 1. The van der Waals surface area contributed by atoms with Gasteiger partial charge in [0, 0.05) is 67.1 Å². The molecule has 0 aromatic heterocycles. The summed E-state index contributed by atoms with van der Waals surface area (Å²) < 4.78 is 17.4. The molecule has 0 radical (unpaired) electrons. The molecule has 6 rings (SSSR count). The van der Waals surface area contributed by atoms with Crippen molar-refractivity contribution in [3.63, 3.8) is 0 Å². The lowest BCUT2D eigenvalue weighted by atomic mass is 9.71. The van der Waals surface area contributed by atoms with Gasteiger partial charge in [-0.25, -0.2) is 5.43 Å². The Morgan fingerprint density at radius 2 is 1.70 bits per heavy atom. The first-order valence-electron chi connectivity index (χ1n) is 18.5. The van der Waals surface area contributed by atoms with Gasteiger partial charge in [-0.2, -0.15) is 5.10 Å². The van der Waals surface area contributed by atoms with Gasteiger partial charge in [0.15, 0.2) is 12.1 Å². The third-order valence-electron chi connectivity index (χ3n) is 10.8. The number of ether oxygens (including phenoxy) is 3. The monoisotopic (exact) mass is 778 g/mol. The van der Waals surface area contributed by atoms with Crippen molar-refractivity contribution in [2.45, 2.75) is 101 Å². The Labute approximate surface area is 321 Å². The van der Waals surface area contributed by atoms with Crippen LogP contribution >= 0.6 is 0 Å². The van der Waals surface area contributed by atoms with Crippen molar-refractivity contribution in [1.82, 2.24) is 10.3 Å². The molecule has 0 unspecified atom stereocenters. The largest absolute Gasteiger partial charge is 0.507 e. The van der Waals surface area contributed by atoms with Gasteiger partial charge in [0.2, 0.25) is 11.7 Å². The highest BCUT2D eigenvalue weighted by molar-refractivity contribution is 6.31. The first-order valence-corrected chi connectivity index (χ1v) is 18.5. The molecule has 8 N–H and O–H groups in total. The van der Waals surface area contributed by atoms with Crippen LogP contribution in [-0.2, 0) is 30.3 Å². The number of phenolic OH excluding ortho intramolecular Hbond substituents is 2. The maximum Gasteiger partial charge on any atom is 0.253 e. The van der Waals surface area contributed by atoms with Crippen molar-refractivity contribution in [2.75, 3.05) is 20.3 Å². The molecule has 2 aliphatic carbocycles. The number of aromatic hydroxyl groups is 2. The summed E-state index contributed by atoms with van der Waals surface area (Å²) in [5, 5.41) is 60.6. The lowest BCUT2D eigenvalue weighted by Gasteiger charge is -2.43. The van der Waals surface area contributed by atoms with Crippen LogP contribution in [0.25, 0.3) is 0 Å². The number of fused-ring (bicyclic) bond motifs is 3. The Kier molecular flexibility index (Phi) is 12.0. The molecule has 4 aliphatic rings. The Bertz CT molecular complexity index is 1970. The molecule has 0 bridgehead atoms. The number of aliphatic hydroxyl groups excluding tert-OH is 2. The molecule has 2 aromatic rings. The molecule has 17 nitrogen and oxygen atoms in total. The van der Waals surface area contributed by atoms with Crippen molar-refractivity contribution >= 4 is 35.0 Å². The summed E-state index contributed by atoms with van der Waals surface area (Å²) in [4.78, 5) is 65.2. The second-order valence-electron chi connectivity index (χ2n) is 14.5. The minimum Gasteiger partial charge on any atom is -0.507 e. The maximum atomic E-state index is 14.0. The number of imide groups is 1. The van der Waals surface area contributed by atoms with E-state index in [1.807, 2.05) is 0 Å². The fourth-order valence-electron chi connectivity index (χ4n) is 7.82. The van der Waals surface area contributed by atoms with E-state index in [1.165, 1.54) is 42.4 Å². The topological polar surface area (TPSA) is 268 Å². The lowest BCUT2D eigenvalue weighted by Crippen LogP contribution is -2.53. The third-order valence-corrected chi connectivity index (χ3v) is 10.8. The molecule has 300 valence electrons. The van der Waals surface area contributed by atoms with Gasteiger partial charge in [0.1, 0.15) is 22.8 Å². The number of carbonyl (C=O) groups excluding carboxylic acids is 5. The summed E-state index contributed by atoms with van der Waals surface area (Å²) in [5.41, 5.74) is 4.62. The third kappa shape index (κ3) is 7.70. The van der Waals surface area contributed by atoms with E-state index in [-0.39, 0.29) is 58.4 Å². The number of hydrogen-bond acceptors (Lipinski definition) is 15. The Morgan fingerprint density at radius 1 is 1.02 bits per heavy atom. The summed E-state index contributed by atoms with van der Waals surface area (Å²) in [6, 6.07) is 3.60. The zero-order valence-corrected chi connectivity index (χ0v) is 31.0. The number of unbranched alkanes of at least 4 members (excludes halogenated alkanes) is 4. The molecule has 56 heavy (non-hydrogen) atoms. The van der Waals surface area contributed by atoms with E-state index >= 15 is 0 Å². The van der Waals surface area contributed by atoms with Crippen LogP contribution in [0.15, 0.2) is 35.5 Å².